The second-order valence-corrected chi connectivity index (χ2v) is 6.52. The summed E-state index contributed by atoms with van der Waals surface area (Å²) >= 11 is 0. The second kappa shape index (κ2) is 5.12. The van der Waals surface area contributed by atoms with Gasteiger partial charge in [-0.05, 0) is 47.8 Å². The van der Waals surface area contributed by atoms with Crippen LogP contribution in [0.2, 0.25) is 0 Å². The first kappa shape index (κ1) is 14.1. The summed E-state index contributed by atoms with van der Waals surface area (Å²) in [6, 6.07) is 7.70. The van der Waals surface area contributed by atoms with Gasteiger partial charge in [0.2, 0.25) is 0 Å². The molecule has 1 unspecified atom stereocenters. The Bertz CT molecular complexity index is 345. The van der Waals surface area contributed by atoms with E-state index in [-0.39, 0.29) is 5.41 Å². The van der Waals surface area contributed by atoms with Crippen LogP contribution >= 0.6 is 0 Å². The summed E-state index contributed by atoms with van der Waals surface area (Å²) in [4.78, 5) is 0. The molecule has 1 heteroatoms. The zero-order valence-corrected chi connectivity index (χ0v) is 11.9. The van der Waals surface area contributed by atoms with E-state index in [2.05, 4.69) is 46.8 Å². The summed E-state index contributed by atoms with van der Waals surface area (Å²) < 4.78 is 0. The third-order valence-electron chi connectivity index (χ3n) is 3.77. The second-order valence-electron chi connectivity index (χ2n) is 6.52. The average molecular weight is 234 g/mol. The summed E-state index contributed by atoms with van der Waals surface area (Å²) in [7, 11) is 0. The number of hydrogen-bond donors (Lipinski definition) is 1. The van der Waals surface area contributed by atoms with Gasteiger partial charge in [-0.2, -0.15) is 0 Å². The van der Waals surface area contributed by atoms with E-state index >= 15 is 0 Å². The number of benzene rings is 1. The Kier molecular flexibility index (Phi) is 4.24. The highest BCUT2D eigenvalue weighted by atomic mass is 16.3. The molecule has 17 heavy (non-hydrogen) atoms. The lowest BCUT2D eigenvalue weighted by atomic mass is 9.73. The maximum atomic E-state index is 9.35. The van der Waals surface area contributed by atoms with Gasteiger partial charge < -0.3 is 5.11 Å². The van der Waals surface area contributed by atoms with Crippen molar-refractivity contribution < 1.29 is 5.11 Å². The largest absolute Gasteiger partial charge is 0.508 e. The Morgan fingerprint density at radius 1 is 0.941 bits per heavy atom. The van der Waals surface area contributed by atoms with Crippen LogP contribution in [0.1, 0.15) is 59.4 Å². The van der Waals surface area contributed by atoms with Crippen LogP contribution in [0.5, 0.6) is 5.75 Å². The van der Waals surface area contributed by atoms with E-state index in [4.69, 9.17) is 0 Å². The van der Waals surface area contributed by atoms with E-state index in [0.29, 0.717) is 11.2 Å². The molecule has 1 atom stereocenters. The standard InChI is InChI=1S/C16H26O/c1-6-16(5,12-11-15(2,3)4)13-7-9-14(17)10-8-13/h7-10,17H,6,11-12H2,1-5H3. The van der Waals surface area contributed by atoms with Crippen molar-refractivity contribution in [3.8, 4) is 5.75 Å². The van der Waals surface area contributed by atoms with Gasteiger partial charge >= 0.3 is 0 Å². The van der Waals surface area contributed by atoms with Gasteiger partial charge in [-0.15, -0.1) is 0 Å². The van der Waals surface area contributed by atoms with Crippen molar-refractivity contribution in [1.29, 1.82) is 0 Å². The number of phenolic OH excluding ortho intramolecular Hbond substituents is 1. The van der Waals surface area contributed by atoms with Crippen LogP contribution in [0, 0.1) is 5.41 Å². The van der Waals surface area contributed by atoms with Crippen LogP contribution in [0.25, 0.3) is 0 Å². The quantitative estimate of drug-likeness (QED) is 0.786. The lowest BCUT2D eigenvalue weighted by Crippen LogP contribution is -2.23. The first-order valence-corrected chi connectivity index (χ1v) is 6.56. The van der Waals surface area contributed by atoms with Crippen LogP contribution < -0.4 is 0 Å². The average Bonchev–Trinajstić information content (AvgIpc) is 2.26. The molecule has 0 saturated carbocycles. The Morgan fingerprint density at radius 3 is 1.88 bits per heavy atom. The molecule has 0 radical (unpaired) electrons. The molecule has 1 rings (SSSR count). The molecule has 0 aromatic heterocycles. The molecule has 1 N–H and O–H groups in total. The third-order valence-corrected chi connectivity index (χ3v) is 3.77. The fourth-order valence-corrected chi connectivity index (χ4v) is 2.04. The Labute approximate surface area is 106 Å². The summed E-state index contributed by atoms with van der Waals surface area (Å²) in [5.41, 5.74) is 1.94. The summed E-state index contributed by atoms with van der Waals surface area (Å²) in [6.45, 7) is 11.4. The fourth-order valence-electron chi connectivity index (χ4n) is 2.04. The zero-order valence-electron chi connectivity index (χ0n) is 11.9. The smallest absolute Gasteiger partial charge is 0.115 e. The van der Waals surface area contributed by atoms with Gasteiger partial charge in [0.1, 0.15) is 5.75 Å². The highest BCUT2D eigenvalue weighted by molar-refractivity contribution is 5.31. The van der Waals surface area contributed by atoms with Crippen LogP contribution in [0.15, 0.2) is 24.3 Å². The molecular formula is C16H26O. The zero-order chi connectivity index (χ0) is 13.1. The monoisotopic (exact) mass is 234 g/mol. The normalized spacial score (nSPS) is 15.6. The van der Waals surface area contributed by atoms with Gasteiger partial charge in [-0.25, -0.2) is 0 Å². The SMILES string of the molecule is CCC(C)(CCC(C)(C)C)c1ccc(O)cc1. The molecule has 0 amide bonds. The third kappa shape index (κ3) is 4.07. The van der Waals surface area contributed by atoms with Gasteiger partial charge in [0, 0.05) is 0 Å². The minimum atomic E-state index is 0.223. The molecule has 96 valence electrons. The summed E-state index contributed by atoms with van der Waals surface area (Å²) in [5.74, 6) is 0.350. The number of hydrogen-bond acceptors (Lipinski definition) is 1. The number of aromatic hydroxyl groups is 1. The van der Waals surface area contributed by atoms with Crippen molar-refractivity contribution in [1.82, 2.24) is 0 Å². The predicted molar refractivity (Wildman–Crippen MR) is 74.4 cm³/mol. The highest BCUT2D eigenvalue weighted by Gasteiger charge is 2.26. The van der Waals surface area contributed by atoms with Crippen molar-refractivity contribution in [3.05, 3.63) is 29.8 Å². The fraction of sp³-hybridized carbons (Fsp3) is 0.625. The molecule has 0 fully saturated rings. The first-order valence-electron chi connectivity index (χ1n) is 6.56. The van der Waals surface area contributed by atoms with Crippen molar-refractivity contribution in [2.24, 2.45) is 5.41 Å². The van der Waals surface area contributed by atoms with Gasteiger partial charge in [0.05, 0.1) is 0 Å². The number of rotatable bonds is 4. The molecule has 0 aliphatic rings. The van der Waals surface area contributed by atoms with Crippen molar-refractivity contribution in [2.45, 2.75) is 59.3 Å². The van der Waals surface area contributed by atoms with Crippen molar-refractivity contribution in [3.63, 3.8) is 0 Å². The molecule has 1 nitrogen and oxygen atoms in total. The van der Waals surface area contributed by atoms with Gasteiger partial charge in [-0.3, -0.25) is 0 Å². The molecule has 0 spiro atoms. The molecule has 0 aliphatic carbocycles. The molecule has 0 heterocycles. The van der Waals surface area contributed by atoms with Gasteiger partial charge in [0.15, 0.2) is 0 Å². The highest BCUT2D eigenvalue weighted by Crippen LogP contribution is 2.36. The van der Waals surface area contributed by atoms with Gasteiger partial charge in [0.25, 0.3) is 0 Å². The lowest BCUT2D eigenvalue weighted by molar-refractivity contribution is 0.297. The summed E-state index contributed by atoms with van der Waals surface area (Å²) in [5, 5.41) is 9.35. The van der Waals surface area contributed by atoms with Gasteiger partial charge in [-0.1, -0.05) is 46.8 Å². The van der Waals surface area contributed by atoms with Crippen LogP contribution in [-0.2, 0) is 5.41 Å². The topological polar surface area (TPSA) is 20.2 Å². The minimum absolute atomic E-state index is 0.223. The first-order chi connectivity index (χ1) is 7.77. The lowest BCUT2D eigenvalue weighted by Gasteiger charge is -2.32. The maximum absolute atomic E-state index is 9.35. The Balaban J connectivity index is 2.84. The van der Waals surface area contributed by atoms with Crippen molar-refractivity contribution >= 4 is 0 Å². The molecule has 1 aromatic rings. The van der Waals surface area contributed by atoms with Crippen LogP contribution in [0.4, 0.5) is 0 Å². The number of phenols is 1. The molecule has 0 bridgehead atoms. The molecule has 0 saturated heterocycles. The van der Waals surface area contributed by atoms with E-state index in [9.17, 15) is 5.11 Å². The van der Waals surface area contributed by atoms with E-state index < -0.39 is 0 Å². The molecule has 0 aliphatic heterocycles. The minimum Gasteiger partial charge on any atom is -0.508 e. The Morgan fingerprint density at radius 2 is 1.47 bits per heavy atom. The van der Waals surface area contributed by atoms with E-state index in [0.717, 1.165) is 6.42 Å². The molecular weight excluding hydrogens is 208 g/mol. The van der Waals surface area contributed by atoms with E-state index in [1.54, 1.807) is 12.1 Å². The predicted octanol–water partition coefficient (Wildman–Crippen LogP) is 4.89. The van der Waals surface area contributed by atoms with E-state index in [1.165, 1.54) is 18.4 Å². The Hall–Kier alpha value is -0.980. The van der Waals surface area contributed by atoms with Crippen molar-refractivity contribution in [2.75, 3.05) is 0 Å². The summed E-state index contributed by atoms with van der Waals surface area (Å²) in [6.07, 6.45) is 3.55. The maximum Gasteiger partial charge on any atom is 0.115 e. The van der Waals surface area contributed by atoms with E-state index in [1.807, 2.05) is 0 Å². The van der Waals surface area contributed by atoms with Crippen LogP contribution in [0.3, 0.4) is 0 Å². The molecule has 1 aromatic carbocycles. The van der Waals surface area contributed by atoms with Crippen LogP contribution in [-0.4, -0.2) is 5.11 Å².